The van der Waals surface area contributed by atoms with E-state index in [1.54, 1.807) is 9.80 Å². The summed E-state index contributed by atoms with van der Waals surface area (Å²) >= 11 is 1.51. The Balaban J connectivity index is 1.57. The van der Waals surface area contributed by atoms with Crippen LogP contribution in [0.4, 0.5) is 4.79 Å². The highest BCUT2D eigenvalue weighted by atomic mass is 32.2. The Morgan fingerprint density at radius 1 is 1.08 bits per heavy atom. The van der Waals surface area contributed by atoms with Crippen molar-refractivity contribution in [2.75, 3.05) is 26.2 Å². The first-order chi connectivity index (χ1) is 22.8. The van der Waals surface area contributed by atoms with Crippen molar-refractivity contribution < 1.29 is 33.4 Å². The average Bonchev–Trinajstić information content (AvgIpc) is 3.61. The van der Waals surface area contributed by atoms with Gasteiger partial charge in [-0.2, -0.15) is 4.31 Å². The highest BCUT2D eigenvalue weighted by molar-refractivity contribution is 7.89. The fraction of sp³-hybridized carbons (Fsp3) is 0.455. The summed E-state index contributed by atoms with van der Waals surface area (Å²) in [6.07, 6.45) is -1.11. The number of urea groups is 1. The number of nitrogens with zero attached hydrogens (tertiary/aromatic N) is 5. The number of thiazole rings is 1. The molecule has 0 saturated carbocycles. The molecule has 260 valence electrons. The molecule has 4 N–H and O–H groups in total. The van der Waals surface area contributed by atoms with Gasteiger partial charge in [0.15, 0.2) is 0 Å². The van der Waals surface area contributed by atoms with Crippen molar-refractivity contribution in [1.29, 1.82) is 0 Å². The molecule has 2 heterocycles. The quantitative estimate of drug-likeness (QED) is 0.100. The number of hydrogen-bond acceptors (Lipinski definition) is 10. The number of amides is 3. The lowest BCUT2D eigenvalue weighted by Crippen LogP contribution is -2.57. The topological polar surface area (TPSA) is 176 Å². The molecular weight excluding hydrogens is 657 g/mol. The molecule has 0 spiro atoms. The van der Waals surface area contributed by atoms with E-state index in [9.17, 15) is 28.2 Å². The minimum atomic E-state index is -4.21. The van der Waals surface area contributed by atoms with Gasteiger partial charge in [0, 0.05) is 31.6 Å². The number of benzene rings is 2. The number of rotatable bonds is 16. The van der Waals surface area contributed by atoms with Gasteiger partial charge in [-0.3, -0.25) is 4.79 Å². The largest absolute Gasteiger partial charge is 0.411 e. The van der Waals surface area contributed by atoms with E-state index in [0.29, 0.717) is 25.2 Å². The van der Waals surface area contributed by atoms with Crippen LogP contribution in [0.25, 0.3) is 0 Å². The number of sulfonamides is 1. The van der Waals surface area contributed by atoms with Crippen molar-refractivity contribution in [3.05, 3.63) is 81.8 Å². The summed E-state index contributed by atoms with van der Waals surface area (Å²) in [5.74, 6) is -0.730. The van der Waals surface area contributed by atoms with E-state index >= 15 is 0 Å². The summed E-state index contributed by atoms with van der Waals surface area (Å²) in [7, 11) is -4.21. The summed E-state index contributed by atoms with van der Waals surface area (Å²) < 4.78 is 28.4. The van der Waals surface area contributed by atoms with E-state index in [4.69, 9.17) is 5.21 Å². The molecular formula is C33H44N6O7S2. The van der Waals surface area contributed by atoms with Crippen LogP contribution in [-0.4, -0.2) is 112 Å². The maximum atomic E-state index is 14.0. The van der Waals surface area contributed by atoms with Crippen LogP contribution < -0.4 is 5.32 Å². The van der Waals surface area contributed by atoms with E-state index in [2.05, 4.69) is 15.5 Å². The molecule has 2 aromatic carbocycles. The Kier molecular flexibility index (Phi) is 12.7. The first-order valence-corrected chi connectivity index (χ1v) is 18.1. The molecule has 15 heteroatoms. The Labute approximate surface area is 285 Å². The number of carbonyl (C=O) groups excluding carboxylic acids is 2. The normalized spacial score (nSPS) is 16.5. The molecule has 1 aliphatic heterocycles. The van der Waals surface area contributed by atoms with Crippen LogP contribution in [-0.2, 0) is 27.8 Å². The van der Waals surface area contributed by atoms with Crippen molar-refractivity contribution in [3.8, 4) is 0 Å². The molecule has 3 aromatic rings. The van der Waals surface area contributed by atoms with E-state index in [1.165, 1.54) is 42.5 Å². The minimum Gasteiger partial charge on any atom is -0.411 e. The van der Waals surface area contributed by atoms with Crippen LogP contribution in [0.2, 0.25) is 0 Å². The second kappa shape index (κ2) is 16.5. The van der Waals surface area contributed by atoms with Crippen molar-refractivity contribution in [2.24, 2.45) is 11.1 Å². The van der Waals surface area contributed by atoms with Crippen LogP contribution in [0.5, 0.6) is 0 Å². The molecule has 48 heavy (non-hydrogen) atoms. The molecule has 13 nitrogen and oxygen atoms in total. The highest BCUT2D eigenvalue weighted by Crippen LogP contribution is 2.23. The minimum absolute atomic E-state index is 0.0844. The van der Waals surface area contributed by atoms with Gasteiger partial charge >= 0.3 is 6.03 Å². The lowest BCUT2D eigenvalue weighted by atomic mass is 9.98. The van der Waals surface area contributed by atoms with Gasteiger partial charge < -0.3 is 30.5 Å². The number of aromatic nitrogens is 1. The number of aliphatic hydroxyl groups excluding tert-OH is 2. The number of nitrogens with one attached hydrogen (secondary N) is 1. The van der Waals surface area contributed by atoms with Crippen LogP contribution in [0.15, 0.2) is 70.0 Å². The number of aliphatic hydroxyl groups is 2. The van der Waals surface area contributed by atoms with Crippen molar-refractivity contribution in [1.82, 2.24) is 24.4 Å². The molecule has 1 saturated heterocycles. The molecule has 4 atom stereocenters. The summed E-state index contributed by atoms with van der Waals surface area (Å²) in [6.45, 7) is 7.41. The molecule has 3 amide bonds. The molecule has 1 fully saturated rings. The monoisotopic (exact) mass is 700 g/mol. The predicted molar refractivity (Wildman–Crippen MR) is 182 cm³/mol. The van der Waals surface area contributed by atoms with E-state index in [1.807, 2.05) is 56.5 Å². The van der Waals surface area contributed by atoms with E-state index < -0.39 is 46.8 Å². The third-order valence-corrected chi connectivity index (χ3v) is 10.7. The van der Waals surface area contributed by atoms with Gasteiger partial charge in [0.1, 0.15) is 6.04 Å². The molecule has 2 unspecified atom stereocenters. The van der Waals surface area contributed by atoms with Gasteiger partial charge in [0.2, 0.25) is 15.9 Å². The van der Waals surface area contributed by atoms with Crippen molar-refractivity contribution in [2.45, 2.75) is 69.8 Å². The fourth-order valence-electron chi connectivity index (χ4n) is 5.75. The molecule has 0 bridgehead atoms. The standard InChI is InChI=1S/C33H44N6O7S2/c1-22(2)31(39-15-14-37(33(39)43)19-27-21-47-24(4)35-27)32(42)36-29(16-25-8-6-5-7-9-25)30(41)20-38(18-23(3)40)48(45,46)28-12-10-26(11-13-28)17-34-44/h5-13,17,21-23,29-31,40-41,44H,14-16,18-20H2,1-4H3,(H,36,42)/b34-17+/t23?,29-,30+,31?/m0/s1. The second-order valence-corrected chi connectivity index (χ2v) is 15.3. The maximum absolute atomic E-state index is 14.0. The number of hydrogen-bond donors (Lipinski definition) is 4. The number of aryl methyl sites for hydroxylation is 1. The van der Waals surface area contributed by atoms with Crippen LogP contribution in [0, 0.1) is 12.8 Å². The third-order valence-electron chi connectivity index (χ3n) is 8.06. The highest BCUT2D eigenvalue weighted by Gasteiger charge is 2.40. The molecule has 1 aliphatic rings. The van der Waals surface area contributed by atoms with Crippen molar-refractivity contribution >= 4 is 39.5 Å². The molecule has 1 aromatic heterocycles. The lowest BCUT2D eigenvalue weighted by Gasteiger charge is -2.34. The van der Waals surface area contributed by atoms with Gasteiger partial charge in [0.25, 0.3) is 0 Å². The van der Waals surface area contributed by atoms with Gasteiger partial charge in [-0.05, 0) is 49.4 Å². The second-order valence-electron chi connectivity index (χ2n) is 12.3. The van der Waals surface area contributed by atoms with E-state index in [-0.39, 0.29) is 29.8 Å². The average molecular weight is 701 g/mol. The maximum Gasteiger partial charge on any atom is 0.321 e. The van der Waals surface area contributed by atoms with Crippen LogP contribution in [0.1, 0.15) is 42.6 Å². The van der Waals surface area contributed by atoms with Crippen molar-refractivity contribution in [3.63, 3.8) is 0 Å². The van der Waals surface area contributed by atoms with Crippen LogP contribution in [0.3, 0.4) is 0 Å². The van der Waals surface area contributed by atoms with E-state index in [0.717, 1.165) is 26.8 Å². The summed E-state index contributed by atoms with van der Waals surface area (Å²) in [6, 6.07) is 12.7. The fourth-order valence-corrected chi connectivity index (χ4v) is 7.89. The molecule has 4 rings (SSSR count). The summed E-state index contributed by atoms with van der Waals surface area (Å²) in [4.78, 5) is 35.1. The molecule has 0 aliphatic carbocycles. The van der Waals surface area contributed by atoms with Gasteiger partial charge in [-0.1, -0.05) is 61.5 Å². The summed E-state index contributed by atoms with van der Waals surface area (Å²) in [5, 5.41) is 39.4. The Morgan fingerprint density at radius 3 is 2.35 bits per heavy atom. The zero-order valence-corrected chi connectivity index (χ0v) is 29.1. The molecule has 0 radical (unpaired) electrons. The third kappa shape index (κ3) is 9.38. The summed E-state index contributed by atoms with van der Waals surface area (Å²) in [5.41, 5.74) is 2.06. The Morgan fingerprint density at radius 2 is 1.77 bits per heavy atom. The lowest BCUT2D eigenvalue weighted by molar-refractivity contribution is -0.128. The first-order valence-electron chi connectivity index (χ1n) is 15.7. The zero-order chi connectivity index (χ0) is 35.0. The smallest absolute Gasteiger partial charge is 0.321 e. The Hall–Kier alpha value is -3.89. The number of carbonyl (C=O) groups is 2. The SMILES string of the molecule is Cc1nc(CN2CCN(C(C(=O)N[C@@H](Cc3ccccc3)[C@H](O)CN(CC(C)O)S(=O)(=O)c3ccc(/C=N/O)cc3)C(C)C)C2=O)cs1. The predicted octanol–water partition coefficient (Wildman–Crippen LogP) is 2.68. The van der Waals surface area contributed by atoms with Gasteiger partial charge in [-0.25, -0.2) is 18.2 Å². The Bertz CT molecular complexity index is 1650. The number of oxime groups is 1. The zero-order valence-electron chi connectivity index (χ0n) is 27.5. The van der Waals surface area contributed by atoms with Crippen LogP contribution >= 0.6 is 11.3 Å². The van der Waals surface area contributed by atoms with Gasteiger partial charge in [-0.15, -0.1) is 11.3 Å². The first kappa shape index (κ1) is 36.9. The van der Waals surface area contributed by atoms with Gasteiger partial charge in [0.05, 0.1) is 46.6 Å².